The molecular formula is C52H96N10O9. The quantitative estimate of drug-likeness (QED) is 0.0232. The number of azide groups is 1. The van der Waals surface area contributed by atoms with E-state index in [-0.39, 0.29) is 0 Å². The van der Waals surface area contributed by atoms with Crippen LogP contribution in [-0.2, 0) is 43.1 Å². The van der Waals surface area contributed by atoms with Crippen LogP contribution < -0.4 is 37.2 Å². The van der Waals surface area contributed by atoms with Gasteiger partial charge in [0.05, 0.1) is 0 Å². The van der Waals surface area contributed by atoms with E-state index in [0.717, 1.165) is 0 Å². The highest BCUT2D eigenvalue weighted by molar-refractivity contribution is 6.03. The van der Waals surface area contributed by atoms with E-state index in [1.165, 1.54) is 41.5 Å². The molecule has 0 aliphatic carbocycles. The minimum absolute atomic E-state index is 0.407. The first-order valence-corrected chi connectivity index (χ1v) is 25.2. The summed E-state index contributed by atoms with van der Waals surface area (Å²) < 4.78 is 5.69. The highest BCUT2D eigenvalue weighted by Gasteiger charge is 2.54. The Morgan fingerprint density at radius 2 is 0.521 bits per heavy atom. The van der Waals surface area contributed by atoms with Crippen molar-refractivity contribution in [2.75, 3.05) is 0 Å². The second-order valence-electron chi connectivity index (χ2n) is 24.7. The lowest BCUT2D eigenvalue weighted by Crippen LogP contribution is -2.74. The topological polar surface area (TPSA) is 279 Å². The molecule has 0 aromatic heterocycles. The van der Waals surface area contributed by atoms with Crippen molar-refractivity contribution >= 4 is 47.3 Å². The molecule has 8 atom stereocenters. The zero-order valence-corrected chi connectivity index (χ0v) is 48.6. The van der Waals surface area contributed by atoms with Crippen LogP contribution in [-0.4, -0.2) is 97.2 Å². The Labute approximate surface area is 426 Å². The Morgan fingerprint density at radius 1 is 0.338 bits per heavy atom. The summed E-state index contributed by atoms with van der Waals surface area (Å²) >= 11 is 0. The first-order valence-electron chi connectivity index (χ1n) is 25.2. The molecular weight excluding hydrogens is 909 g/mol. The molecule has 0 unspecified atom stereocenters. The van der Waals surface area contributed by atoms with Crippen LogP contribution in [0.5, 0.6) is 0 Å². The summed E-state index contributed by atoms with van der Waals surface area (Å²) in [5.41, 5.74) is -4.52. The molecule has 7 N–H and O–H groups in total. The largest absolute Gasteiger partial charge is 0.458 e. The van der Waals surface area contributed by atoms with Crippen LogP contribution in [0.2, 0.25) is 0 Å². The highest BCUT2D eigenvalue weighted by atomic mass is 16.6. The normalized spacial score (nSPS) is 19.0. The fraction of sp³-hybridized carbons (Fsp3) is 0.846. The molecule has 0 fully saturated rings. The molecule has 19 heteroatoms. The Kier molecular flexibility index (Phi) is 21.7. The molecule has 0 aromatic carbocycles. The Morgan fingerprint density at radius 3 is 0.676 bits per heavy atom. The summed E-state index contributed by atoms with van der Waals surface area (Å²) in [5.74, 6) is -9.69. The lowest BCUT2D eigenvalue weighted by molar-refractivity contribution is -0.167. The lowest BCUT2D eigenvalue weighted by Gasteiger charge is -2.45. The Balaban J connectivity index is 7.12. The van der Waals surface area contributed by atoms with Crippen LogP contribution in [0.3, 0.4) is 0 Å². The lowest BCUT2D eigenvalue weighted by atomic mass is 9.79. The van der Waals surface area contributed by atoms with E-state index in [2.05, 4.69) is 47.2 Å². The third-order valence-electron chi connectivity index (χ3n) is 16.2. The Hall–Kier alpha value is -4.93. The van der Waals surface area contributed by atoms with Gasteiger partial charge in [0.2, 0.25) is 41.4 Å². The van der Waals surface area contributed by atoms with E-state index in [4.69, 9.17) is 4.74 Å². The summed E-state index contributed by atoms with van der Waals surface area (Å²) in [6, 6.07) is 0. The average Bonchev–Trinajstić information content (AvgIpc) is 3.21. The van der Waals surface area contributed by atoms with Crippen molar-refractivity contribution in [1.29, 1.82) is 0 Å². The van der Waals surface area contributed by atoms with Crippen molar-refractivity contribution in [2.24, 2.45) is 52.5 Å². The van der Waals surface area contributed by atoms with Gasteiger partial charge in [-0.05, 0) is 129 Å². The van der Waals surface area contributed by atoms with Crippen molar-refractivity contribution in [3.05, 3.63) is 10.4 Å². The molecule has 7 amide bonds. The van der Waals surface area contributed by atoms with Gasteiger partial charge in [-0.1, -0.05) is 116 Å². The van der Waals surface area contributed by atoms with Gasteiger partial charge in [0, 0.05) is 4.91 Å². The van der Waals surface area contributed by atoms with E-state index in [1.54, 1.807) is 145 Å². The average molecular weight is 1010 g/mol. The summed E-state index contributed by atoms with van der Waals surface area (Å²) in [5, 5.41) is 23.9. The van der Waals surface area contributed by atoms with E-state index in [1.807, 2.05) is 0 Å². The SMILES string of the molecule is CC(C)[C@](C)(N=[N+]=[N-])C(=O)N[C@](C)(C(=O)N[C@](C)(C(=O)N[C@](C)(C(=O)N[C@](C)(C(=O)N[C@](C)(C(=O)N[C@](C)(C(=O)N[C@](C)(C(=O)OC(C)(C)C)C(C)C)C(C)C)C(C)C)C(C)C)C(C)C)C(C)C)C(C)C. The second kappa shape index (κ2) is 23.3. The maximum Gasteiger partial charge on any atom is 0.332 e. The number of esters is 1. The molecule has 0 spiro atoms. The fourth-order valence-corrected chi connectivity index (χ4v) is 6.67. The van der Waals surface area contributed by atoms with Gasteiger partial charge in [-0.2, -0.15) is 0 Å². The molecule has 0 saturated heterocycles. The molecule has 0 aliphatic rings. The molecule has 19 nitrogen and oxygen atoms in total. The third kappa shape index (κ3) is 14.2. The maximum atomic E-state index is 14.8. The Bertz CT molecular complexity index is 2040. The van der Waals surface area contributed by atoms with Crippen LogP contribution in [0, 0.1) is 47.3 Å². The molecule has 0 radical (unpaired) electrons. The van der Waals surface area contributed by atoms with Crippen molar-refractivity contribution < 1.29 is 43.1 Å². The zero-order chi connectivity index (χ0) is 56.8. The van der Waals surface area contributed by atoms with Crippen LogP contribution in [0.1, 0.15) is 187 Å². The van der Waals surface area contributed by atoms with Crippen molar-refractivity contribution in [1.82, 2.24) is 37.2 Å². The maximum absolute atomic E-state index is 14.8. The third-order valence-corrected chi connectivity index (χ3v) is 16.2. The number of nitrogens with one attached hydrogen (secondary N) is 7. The van der Waals surface area contributed by atoms with Crippen LogP contribution in [0.15, 0.2) is 5.11 Å². The summed E-state index contributed by atoms with van der Waals surface area (Å²) in [6.45, 7) is 45.1. The predicted octanol–water partition coefficient (Wildman–Crippen LogP) is 6.77. The van der Waals surface area contributed by atoms with E-state index in [0.29, 0.717) is 0 Å². The molecule has 0 rings (SSSR count). The van der Waals surface area contributed by atoms with Crippen LogP contribution >= 0.6 is 0 Å². The number of ether oxygens (including phenoxy) is 1. The summed E-state index contributed by atoms with van der Waals surface area (Å²) in [4.78, 5) is 118. The van der Waals surface area contributed by atoms with Crippen LogP contribution in [0.4, 0.5) is 0 Å². The second-order valence-corrected chi connectivity index (χ2v) is 24.7. The number of rotatable bonds is 24. The smallest absolute Gasteiger partial charge is 0.332 e. The van der Waals surface area contributed by atoms with Gasteiger partial charge in [0.15, 0.2) is 0 Å². The van der Waals surface area contributed by atoms with Gasteiger partial charge in [-0.3, -0.25) is 33.6 Å². The van der Waals surface area contributed by atoms with Gasteiger partial charge in [0.1, 0.15) is 49.9 Å². The summed E-state index contributed by atoms with van der Waals surface area (Å²) in [7, 11) is 0. The van der Waals surface area contributed by atoms with Gasteiger partial charge in [-0.15, -0.1) is 0 Å². The number of carbonyl (C=O) groups is 8. The van der Waals surface area contributed by atoms with E-state index < -0.39 is 145 Å². The highest BCUT2D eigenvalue weighted by Crippen LogP contribution is 2.31. The number of hydrogen-bond donors (Lipinski definition) is 7. The van der Waals surface area contributed by atoms with Gasteiger partial charge >= 0.3 is 5.97 Å². The first-order chi connectivity index (χ1) is 31.6. The van der Waals surface area contributed by atoms with Gasteiger partial charge in [0.25, 0.3) is 0 Å². The molecule has 0 aromatic rings. The summed E-state index contributed by atoms with van der Waals surface area (Å²) in [6.07, 6.45) is 0. The minimum atomic E-state index is -1.70. The van der Waals surface area contributed by atoms with Crippen LogP contribution in [0.25, 0.3) is 10.4 Å². The van der Waals surface area contributed by atoms with E-state index >= 15 is 0 Å². The number of carbonyl (C=O) groups excluding carboxylic acids is 8. The molecule has 0 saturated carbocycles. The molecule has 0 bridgehead atoms. The fourth-order valence-electron chi connectivity index (χ4n) is 6.67. The number of nitrogens with zero attached hydrogens (tertiary/aromatic N) is 3. The molecule has 0 heterocycles. The van der Waals surface area contributed by atoms with Crippen molar-refractivity contribution in [2.45, 2.75) is 237 Å². The standard InChI is InChI=1S/C52H96N10O9/c1-28(2)45(20,55-38(65)47(22,30(5)6)57-40(67)49(24,32(9)10)59-42(69)51(26,34(13)14)61-62-53)36(63)54-46(21,29(3)4)37(64)56-48(23,31(7)8)39(66)58-50(25,33(11)12)41(68)60-52(27,35(15)16)43(70)71-44(17,18)19/h28-35H,1-27H3,(H,54,63)(H,55,65)(H,56,64)(H,57,67)(H,58,66)(H,59,69)(H,60,68)/t45-,46-,47-,48-,49-,50-,51-,52-/m0/s1. The van der Waals surface area contributed by atoms with Gasteiger partial charge < -0.3 is 42.0 Å². The van der Waals surface area contributed by atoms with Gasteiger partial charge in [-0.25, -0.2) is 4.79 Å². The first kappa shape index (κ1) is 66.1. The molecule has 0 aliphatic heterocycles. The van der Waals surface area contributed by atoms with Crippen molar-refractivity contribution in [3.63, 3.8) is 0 Å². The molecule has 71 heavy (non-hydrogen) atoms. The van der Waals surface area contributed by atoms with E-state index in [9.17, 15) is 43.9 Å². The number of hydrogen-bond acceptors (Lipinski definition) is 10. The zero-order valence-electron chi connectivity index (χ0n) is 48.6. The minimum Gasteiger partial charge on any atom is -0.458 e. The predicted molar refractivity (Wildman–Crippen MR) is 278 cm³/mol. The van der Waals surface area contributed by atoms with Crippen molar-refractivity contribution in [3.8, 4) is 0 Å². The monoisotopic (exact) mass is 1000 g/mol. The molecule has 408 valence electrons. The number of amides is 7.